The molecule has 4 rings (SSSR count). The molecule has 0 bridgehead atoms. The van der Waals surface area contributed by atoms with Crippen molar-refractivity contribution in [2.45, 2.75) is 32.4 Å². The van der Waals surface area contributed by atoms with Gasteiger partial charge in [-0.2, -0.15) is 5.10 Å². The van der Waals surface area contributed by atoms with Crippen LogP contribution in [0.3, 0.4) is 0 Å². The fourth-order valence-corrected chi connectivity index (χ4v) is 3.70. The van der Waals surface area contributed by atoms with Gasteiger partial charge in [-0.15, -0.1) is 0 Å². The molecule has 0 radical (unpaired) electrons. The quantitative estimate of drug-likeness (QED) is 0.794. The third-order valence-corrected chi connectivity index (χ3v) is 5.06. The van der Waals surface area contributed by atoms with Crippen LogP contribution in [0.4, 0.5) is 5.69 Å². The number of nitrogens with one attached hydrogen (secondary N) is 1. The Morgan fingerprint density at radius 2 is 1.92 bits per heavy atom. The average molecular weight is 335 g/mol. The van der Waals surface area contributed by atoms with Gasteiger partial charge in [0.1, 0.15) is 0 Å². The van der Waals surface area contributed by atoms with Gasteiger partial charge in [-0.1, -0.05) is 18.2 Å². The van der Waals surface area contributed by atoms with Gasteiger partial charge in [0.15, 0.2) is 5.65 Å². The van der Waals surface area contributed by atoms with Crippen LogP contribution in [0.25, 0.3) is 11.0 Å². The molecule has 0 atom stereocenters. The van der Waals surface area contributed by atoms with E-state index in [4.69, 9.17) is 0 Å². The third kappa shape index (κ3) is 3.51. The molecule has 1 aromatic carbocycles. The van der Waals surface area contributed by atoms with Gasteiger partial charge >= 0.3 is 0 Å². The number of para-hydroxylation sites is 1. The second-order valence-electron chi connectivity index (χ2n) is 6.98. The van der Waals surface area contributed by atoms with Crippen molar-refractivity contribution in [3.8, 4) is 0 Å². The highest BCUT2D eigenvalue weighted by molar-refractivity contribution is 5.78. The maximum Gasteiger partial charge on any atom is 0.157 e. The first-order valence-corrected chi connectivity index (χ1v) is 9.01. The zero-order valence-corrected chi connectivity index (χ0v) is 14.9. The molecule has 0 aliphatic carbocycles. The molecule has 1 saturated heterocycles. The highest BCUT2D eigenvalue weighted by Crippen LogP contribution is 2.20. The Kier molecular flexibility index (Phi) is 4.40. The molecule has 1 N–H and O–H groups in total. The summed E-state index contributed by atoms with van der Waals surface area (Å²) in [5.74, 6) is 0. The molecule has 2 aromatic heterocycles. The van der Waals surface area contributed by atoms with Crippen molar-refractivity contribution in [1.29, 1.82) is 0 Å². The van der Waals surface area contributed by atoms with Crippen LogP contribution < -0.4 is 5.32 Å². The molecule has 5 heteroatoms. The number of hydrogen-bond donors (Lipinski definition) is 1. The van der Waals surface area contributed by atoms with E-state index in [9.17, 15) is 0 Å². The molecule has 3 heterocycles. The van der Waals surface area contributed by atoms with Crippen LogP contribution in [0.15, 0.2) is 42.6 Å². The molecule has 130 valence electrons. The van der Waals surface area contributed by atoms with Crippen LogP contribution in [-0.2, 0) is 13.6 Å². The Morgan fingerprint density at radius 1 is 1.16 bits per heavy atom. The number of pyridine rings is 1. The van der Waals surface area contributed by atoms with Crippen LogP contribution >= 0.6 is 0 Å². The molecule has 1 aliphatic rings. The number of benzene rings is 1. The number of rotatable bonds is 4. The van der Waals surface area contributed by atoms with Gasteiger partial charge in [0, 0.05) is 50.0 Å². The van der Waals surface area contributed by atoms with E-state index < -0.39 is 0 Å². The number of likely N-dealkylation sites (tertiary alicyclic amines) is 1. The van der Waals surface area contributed by atoms with Crippen molar-refractivity contribution in [3.63, 3.8) is 0 Å². The summed E-state index contributed by atoms with van der Waals surface area (Å²) in [6, 6.07) is 13.3. The normalized spacial score (nSPS) is 16.4. The minimum absolute atomic E-state index is 0.569. The van der Waals surface area contributed by atoms with Gasteiger partial charge in [-0.3, -0.25) is 9.58 Å². The lowest BCUT2D eigenvalue weighted by molar-refractivity contribution is 0.211. The third-order valence-electron chi connectivity index (χ3n) is 5.06. The topological polar surface area (TPSA) is 46.0 Å². The second kappa shape index (κ2) is 6.84. The monoisotopic (exact) mass is 335 g/mol. The highest BCUT2D eigenvalue weighted by Gasteiger charge is 2.19. The summed E-state index contributed by atoms with van der Waals surface area (Å²) in [7, 11) is 1.95. The lowest BCUT2D eigenvalue weighted by atomic mass is 10.0. The Morgan fingerprint density at radius 3 is 2.68 bits per heavy atom. The van der Waals surface area contributed by atoms with E-state index in [2.05, 4.69) is 63.6 Å². The summed E-state index contributed by atoms with van der Waals surface area (Å²) in [4.78, 5) is 7.12. The Hall–Kier alpha value is -2.40. The number of piperidine rings is 1. The smallest absolute Gasteiger partial charge is 0.157 e. The predicted molar refractivity (Wildman–Crippen MR) is 102 cm³/mol. The number of nitrogens with zero attached hydrogens (tertiary/aromatic N) is 4. The van der Waals surface area contributed by atoms with Gasteiger partial charge in [0.25, 0.3) is 0 Å². The maximum absolute atomic E-state index is 4.60. The summed E-state index contributed by atoms with van der Waals surface area (Å²) in [6.45, 7) is 5.26. The van der Waals surface area contributed by atoms with E-state index in [0.717, 1.165) is 31.0 Å². The first-order chi connectivity index (χ1) is 12.2. The van der Waals surface area contributed by atoms with Crippen molar-refractivity contribution >= 4 is 16.7 Å². The van der Waals surface area contributed by atoms with E-state index in [-0.39, 0.29) is 0 Å². The van der Waals surface area contributed by atoms with E-state index in [1.807, 2.05) is 17.9 Å². The summed E-state index contributed by atoms with van der Waals surface area (Å²) in [6.07, 6.45) is 4.35. The van der Waals surface area contributed by atoms with Crippen LogP contribution in [0, 0.1) is 6.92 Å². The molecule has 1 fully saturated rings. The van der Waals surface area contributed by atoms with Crippen molar-refractivity contribution in [2.24, 2.45) is 7.05 Å². The van der Waals surface area contributed by atoms with Gasteiger partial charge in [0.2, 0.25) is 0 Å². The first-order valence-electron chi connectivity index (χ1n) is 9.01. The second-order valence-corrected chi connectivity index (χ2v) is 6.98. The van der Waals surface area contributed by atoms with Gasteiger partial charge in [0.05, 0.1) is 5.69 Å². The molecule has 5 nitrogen and oxygen atoms in total. The summed E-state index contributed by atoms with van der Waals surface area (Å²) >= 11 is 0. The number of anilines is 1. The first kappa shape index (κ1) is 16.1. The van der Waals surface area contributed by atoms with E-state index >= 15 is 0 Å². The largest absolute Gasteiger partial charge is 0.382 e. The Balaban J connectivity index is 1.36. The number of aryl methyl sites for hydroxylation is 2. The molecular weight excluding hydrogens is 310 g/mol. The fraction of sp³-hybridized carbons (Fsp3) is 0.400. The van der Waals surface area contributed by atoms with Crippen molar-refractivity contribution < 1.29 is 0 Å². The van der Waals surface area contributed by atoms with Crippen molar-refractivity contribution in [3.05, 3.63) is 53.9 Å². The molecule has 25 heavy (non-hydrogen) atoms. The van der Waals surface area contributed by atoms with Gasteiger partial charge in [-0.05, 0) is 43.5 Å². The number of hydrogen-bond acceptors (Lipinski definition) is 4. The van der Waals surface area contributed by atoms with Crippen molar-refractivity contribution in [1.82, 2.24) is 19.7 Å². The van der Waals surface area contributed by atoms with Crippen LogP contribution in [0.2, 0.25) is 0 Å². The standard InChI is InChI=1S/C20H25N5/c1-15-19-12-16(13-21-20(19)24(2)23-15)14-25-10-8-18(9-11-25)22-17-6-4-3-5-7-17/h3-7,12-13,18,22H,8-11,14H2,1-2H3. The zero-order chi connectivity index (χ0) is 17.2. The molecular formula is C20H25N5. The zero-order valence-electron chi connectivity index (χ0n) is 14.9. The van der Waals surface area contributed by atoms with E-state index in [0.29, 0.717) is 6.04 Å². The molecule has 3 aromatic rings. The molecule has 0 spiro atoms. The highest BCUT2D eigenvalue weighted by atomic mass is 15.3. The SMILES string of the molecule is Cc1nn(C)c2ncc(CN3CCC(Nc4ccccc4)CC3)cc12. The number of fused-ring (bicyclic) bond motifs is 1. The van der Waals surface area contributed by atoms with E-state index in [1.165, 1.54) is 29.5 Å². The summed E-state index contributed by atoms with van der Waals surface area (Å²) < 4.78 is 1.86. The molecule has 0 unspecified atom stereocenters. The summed E-state index contributed by atoms with van der Waals surface area (Å²) in [5, 5.41) is 9.28. The lowest BCUT2D eigenvalue weighted by Gasteiger charge is -2.32. The van der Waals surface area contributed by atoms with Crippen LogP contribution in [0.5, 0.6) is 0 Å². The molecule has 0 saturated carbocycles. The fourth-order valence-electron chi connectivity index (χ4n) is 3.70. The Labute approximate surface area is 148 Å². The van der Waals surface area contributed by atoms with Crippen LogP contribution in [0.1, 0.15) is 24.1 Å². The van der Waals surface area contributed by atoms with Gasteiger partial charge < -0.3 is 5.32 Å². The van der Waals surface area contributed by atoms with Crippen LogP contribution in [-0.4, -0.2) is 38.8 Å². The van der Waals surface area contributed by atoms with E-state index in [1.54, 1.807) is 0 Å². The minimum Gasteiger partial charge on any atom is -0.382 e. The lowest BCUT2D eigenvalue weighted by Crippen LogP contribution is -2.38. The predicted octanol–water partition coefficient (Wildman–Crippen LogP) is 3.35. The molecule has 1 aliphatic heterocycles. The summed E-state index contributed by atoms with van der Waals surface area (Å²) in [5.41, 5.74) is 4.52. The Bertz CT molecular complexity index is 847. The van der Waals surface area contributed by atoms with Gasteiger partial charge in [-0.25, -0.2) is 4.98 Å². The number of aromatic nitrogens is 3. The molecule has 0 amide bonds. The maximum atomic E-state index is 4.60. The van der Waals surface area contributed by atoms with Crippen molar-refractivity contribution in [2.75, 3.05) is 18.4 Å². The average Bonchev–Trinajstić information content (AvgIpc) is 2.91. The minimum atomic E-state index is 0.569.